The first-order valence-corrected chi connectivity index (χ1v) is 11.7. The van der Waals surface area contributed by atoms with Gasteiger partial charge in [0.25, 0.3) is 0 Å². The third kappa shape index (κ3) is 5.57. The van der Waals surface area contributed by atoms with Crippen molar-refractivity contribution in [3.05, 3.63) is 53.8 Å². The van der Waals surface area contributed by atoms with Crippen LogP contribution in [-0.2, 0) is 26.0 Å². The molecule has 9 heteroatoms. The maximum absolute atomic E-state index is 12.9. The summed E-state index contributed by atoms with van der Waals surface area (Å²) < 4.78 is 38.5. The fraction of sp³-hybridized carbons (Fsp3) is 0.300. The van der Waals surface area contributed by atoms with Crippen molar-refractivity contribution in [3.63, 3.8) is 0 Å². The van der Waals surface area contributed by atoms with Crippen molar-refractivity contribution in [2.24, 2.45) is 5.92 Å². The molecule has 1 aliphatic rings. The number of amides is 2. The van der Waals surface area contributed by atoms with E-state index in [1.165, 1.54) is 36.0 Å². The quantitative estimate of drug-likeness (QED) is 0.726. The van der Waals surface area contributed by atoms with Gasteiger partial charge in [-0.1, -0.05) is 19.1 Å². The second kappa shape index (κ2) is 8.96. The Kier molecular flexibility index (Phi) is 6.59. The molecule has 3 rings (SSSR count). The van der Waals surface area contributed by atoms with E-state index in [2.05, 4.69) is 10.6 Å². The van der Waals surface area contributed by atoms with Crippen LogP contribution in [0.2, 0.25) is 0 Å². The van der Waals surface area contributed by atoms with Gasteiger partial charge >= 0.3 is 0 Å². The van der Waals surface area contributed by atoms with Crippen molar-refractivity contribution < 1.29 is 22.4 Å². The minimum Gasteiger partial charge on any atom is -0.352 e. The topological polar surface area (TPSA) is 92.3 Å². The monoisotopic (exact) mass is 436 g/mol. The molecule has 2 aromatic rings. The van der Waals surface area contributed by atoms with E-state index in [0.29, 0.717) is 23.4 Å². The maximum atomic E-state index is 12.9. The van der Waals surface area contributed by atoms with Crippen LogP contribution in [0.25, 0.3) is 0 Å². The van der Waals surface area contributed by atoms with Crippen molar-refractivity contribution in [2.45, 2.75) is 29.7 Å². The van der Waals surface area contributed by atoms with Crippen LogP contribution in [0.3, 0.4) is 0 Å². The zero-order valence-electron chi connectivity index (χ0n) is 15.8. The third-order valence-electron chi connectivity index (χ3n) is 4.47. The van der Waals surface area contributed by atoms with Crippen LogP contribution in [0.4, 0.5) is 10.1 Å². The van der Waals surface area contributed by atoms with Crippen molar-refractivity contribution >= 4 is 39.1 Å². The average molecular weight is 437 g/mol. The summed E-state index contributed by atoms with van der Waals surface area (Å²) in [7, 11) is -3.73. The normalized spacial score (nSPS) is 15.0. The third-order valence-corrected chi connectivity index (χ3v) is 7.45. The number of halogens is 1. The summed E-state index contributed by atoms with van der Waals surface area (Å²) in [5, 5.41) is 5.39. The van der Waals surface area contributed by atoms with E-state index < -0.39 is 21.7 Å². The molecule has 0 spiro atoms. The van der Waals surface area contributed by atoms with Gasteiger partial charge in [-0.15, -0.1) is 11.8 Å². The Morgan fingerprint density at radius 3 is 2.69 bits per heavy atom. The first-order valence-electron chi connectivity index (χ1n) is 9.06. The molecule has 154 valence electrons. The molecule has 0 bridgehead atoms. The molecule has 1 heterocycles. The molecular formula is C20H21FN2O4S2. The molecule has 6 nitrogen and oxygen atoms in total. The molecule has 2 aromatic carbocycles. The Labute approximate surface area is 173 Å². The predicted molar refractivity (Wildman–Crippen MR) is 110 cm³/mol. The zero-order chi connectivity index (χ0) is 21.0. The predicted octanol–water partition coefficient (Wildman–Crippen LogP) is 2.99. The Morgan fingerprint density at radius 1 is 1.24 bits per heavy atom. The smallest absolute Gasteiger partial charge is 0.225 e. The van der Waals surface area contributed by atoms with E-state index in [1.807, 2.05) is 0 Å². The molecule has 0 unspecified atom stereocenters. The SMILES string of the molecule is C[C@H](CS(=O)(=O)c1ccc2c(c1)NC(=O)CCS2)C(=O)NCc1ccc(F)cc1. The molecule has 29 heavy (non-hydrogen) atoms. The molecule has 0 saturated heterocycles. The van der Waals surface area contributed by atoms with Gasteiger partial charge in [-0.25, -0.2) is 12.8 Å². The lowest BCUT2D eigenvalue weighted by Gasteiger charge is -2.14. The van der Waals surface area contributed by atoms with E-state index in [-0.39, 0.29) is 28.9 Å². The van der Waals surface area contributed by atoms with Gasteiger partial charge in [0.1, 0.15) is 5.82 Å². The van der Waals surface area contributed by atoms with Gasteiger partial charge in [-0.2, -0.15) is 0 Å². The van der Waals surface area contributed by atoms with E-state index in [0.717, 1.165) is 4.90 Å². The highest BCUT2D eigenvalue weighted by Crippen LogP contribution is 2.33. The van der Waals surface area contributed by atoms with Gasteiger partial charge in [0.05, 0.1) is 16.3 Å². The summed E-state index contributed by atoms with van der Waals surface area (Å²) in [5.41, 5.74) is 1.20. The summed E-state index contributed by atoms with van der Waals surface area (Å²) in [4.78, 5) is 24.9. The van der Waals surface area contributed by atoms with E-state index in [4.69, 9.17) is 0 Å². The number of thioether (sulfide) groups is 1. The number of hydrogen-bond donors (Lipinski definition) is 2. The minimum absolute atomic E-state index is 0.0669. The number of fused-ring (bicyclic) bond motifs is 1. The number of sulfone groups is 1. The van der Waals surface area contributed by atoms with Crippen LogP contribution in [0.5, 0.6) is 0 Å². The number of benzene rings is 2. The fourth-order valence-electron chi connectivity index (χ4n) is 2.86. The summed E-state index contributed by atoms with van der Waals surface area (Å²) >= 11 is 1.49. The highest BCUT2D eigenvalue weighted by molar-refractivity contribution is 7.99. The Morgan fingerprint density at radius 2 is 1.97 bits per heavy atom. The molecule has 0 saturated carbocycles. The molecule has 0 aromatic heterocycles. The largest absolute Gasteiger partial charge is 0.352 e. The van der Waals surface area contributed by atoms with Crippen molar-refractivity contribution in [1.82, 2.24) is 5.32 Å². The Hall–Kier alpha value is -2.39. The Bertz CT molecular complexity index is 1020. The number of carbonyl (C=O) groups is 2. The van der Waals surface area contributed by atoms with Crippen LogP contribution < -0.4 is 10.6 Å². The number of hydrogen-bond acceptors (Lipinski definition) is 5. The second-order valence-electron chi connectivity index (χ2n) is 6.83. The number of nitrogens with one attached hydrogen (secondary N) is 2. The lowest BCUT2D eigenvalue weighted by molar-refractivity contribution is -0.124. The summed E-state index contributed by atoms with van der Waals surface area (Å²) in [5.74, 6) is -1.42. The summed E-state index contributed by atoms with van der Waals surface area (Å²) in [6.45, 7) is 1.73. The molecular weight excluding hydrogens is 415 g/mol. The van der Waals surface area contributed by atoms with Crippen molar-refractivity contribution in [2.75, 3.05) is 16.8 Å². The van der Waals surface area contributed by atoms with Gasteiger partial charge in [-0.05, 0) is 35.9 Å². The van der Waals surface area contributed by atoms with Gasteiger partial charge < -0.3 is 10.6 Å². The van der Waals surface area contributed by atoms with Crippen LogP contribution in [0.1, 0.15) is 18.9 Å². The second-order valence-corrected chi connectivity index (χ2v) is 10.0. The zero-order valence-corrected chi connectivity index (χ0v) is 17.4. The number of carbonyl (C=O) groups excluding carboxylic acids is 2. The lowest BCUT2D eigenvalue weighted by atomic mass is 10.2. The van der Waals surface area contributed by atoms with Gasteiger partial charge in [0, 0.05) is 29.5 Å². The van der Waals surface area contributed by atoms with Crippen LogP contribution in [0.15, 0.2) is 52.3 Å². The highest BCUT2D eigenvalue weighted by Gasteiger charge is 2.25. The van der Waals surface area contributed by atoms with Crippen LogP contribution in [0, 0.1) is 11.7 Å². The first-order chi connectivity index (χ1) is 13.7. The Balaban J connectivity index is 1.65. The summed E-state index contributed by atoms with van der Waals surface area (Å²) in [6.07, 6.45) is 0.368. The van der Waals surface area contributed by atoms with Crippen molar-refractivity contribution in [3.8, 4) is 0 Å². The molecule has 1 atom stereocenters. The van der Waals surface area contributed by atoms with Gasteiger partial charge in [0.2, 0.25) is 11.8 Å². The maximum Gasteiger partial charge on any atom is 0.225 e. The van der Waals surface area contributed by atoms with Gasteiger partial charge in [0.15, 0.2) is 9.84 Å². The fourth-order valence-corrected chi connectivity index (χ4v) is 5.37. The van der Waals surface area contributed by atoms with Crippen LogP contribution in [-0.4, -0.2) is 31.7 Å². The molecule has 0 radical (unpaired) electrons. The molecule has 0 fully saturated rings. The number of anilines is 1. The molecule has 2 N–H and O–H groups in total. The summed E-state index contributed by atoms with van der Waals surface area (Å²) in [6, 6.07) is 10.3. The average Bonchev–Trinajstić information content (AvgIpc) is 2.86. The first kappa shape index (κ1) is 21.3. The standard InChI is InChI=1S/C20H21FN2O4S2/c1-13(20(25)22-11-14-2-4-15(21)5-3-14)12-29(26,27)16-6-7-18-17(10-16)23-19(24)8-9-28-18/h2-7,10,13H,8-9,11-12H2,1H3,(H,22,25)(H,23,24)/t13-/m1/s1. The molecule has 2 amide bonds. The lowest BCUT2D eigenvalue weighted by Crippen LogP contribution is -2.32. The minimum atomic E-state index is -3.73. The van der Waals surface area contributed by atoms with Crippen LogP contribution >= 0.6 is 11.8 Å². The van der Waals surface area contributed by atoms with E-state index in [1.54, 1.807) is 25.1 Å². The van der Waals surface area contributed by atoms with E-state index >= 15 is 0 Å². The number of rotatable bonds is 6. The molecule has 0 aliphatic carbocycles. The van der Waals surface area contributed by atoms with Crippen molar-refractivity contribution in [1.29, 1.82) is 0 Å². The van der Waals surface area contributed by atoms with E-state index in [9.17, 15) is 22.4 Å². The van der Waals surface area contributed by atoms with Gasteiger partial charge in [-0.3, -0.25) is 9.59 Å². The highest BCUT2D eigenvalue weighted by atomic mass is 32.2. The molecule has 1 aliphatic heterocycles.